The molecule has 1 aliphatic rings. The first kappa shape index (κ1) is 31.4. The fraction of sp³-hybridized carbons (Fsp3) is 0.375. The summed E-state index contributed by atoms with van der Waals surface area (Å²) >= 11 is 6.23. The first-order valence-corrected chi connectivity index (χ1v) is 16.1. The number of para-hydroxylation sites is 2. The number of aryl methyl sites for hydroxylation is 1. The highest BCUT2D eigenvalue weighted by Crippen LogP contribution is 2.33. The number of anilines is 1. The van der Waals surface area contributed by atoms with Crippen molar-refractivity contribution in [3.05, 3.63) is 88.9 Å². The van der Waals surface area contributed by atoms with E-state index in [1.807, 2.05) is 13.0 Å². The van der Waals surface area contributed by atoms with E-state index in [0.29, 0.717) is 17.4 Å². The van der Waals surface area contributed by atoms with Crippen molar-refractivity contribution in [2.24, 2.45) is 0 Å². The molecule has 1 fully saturated rings. The first-order chi connectivity index (χ1) is 20.1. The predicted octanol–water partition coefficient (Wildman–Crippen LogP) is 5.72. The molecule has 0 spiro atoms. The second-order valence-electron chi connectivity index (χ2n) is 10.5. The van der Waals surface area contributed by atoms with Crippen LogP contribution in [0.2, 0.25) is 5.02 Å². The molecule has 0 aromatic heterocycles. The Kier molecular flexibility index (Phi) is 10.5. The van der Waals surface area contributed by atoms with Crippen LogP contribution in [-0.4, -0.2) is 50.4 Å². The van der Waals surface area contributed by atoms with Gasteiger partial charge in [0.25, 0.3) is 10.0 Å². The number of halogens is 1. The number of nitrogens with zero attached hydrogens (tertiary/aromatic N) is 2. The largest absolute Gasteiger partial charge is 0.492 e. The maximum absolute atomic E-state index is 14.2. The van der Waals surface area contributed by atoms with Crippen molar-refractivity contribution in [3.8, 4) is 5.75 Å². The Bertz CT molecular complexity index is 1490. The molecule has 3 aromatic carbocycles. The van der Waals surface area contributed by atoms with E-state index < -0.39 is 28.5 Å². The summed E-state index contributed by atoms with van der Waals surface area (Å²) in [5.41, 5.74) is 1.86. The molecule has 0 bridgehead atoms. The topological polar surface area (TPSA) is 96.0 Å². The highest BCUT2D eigenvalue weighted by atomic mass is 35.5. The molecule has 224 valence electrons. The molecule has 0 aliphatic heterocycles. The van der Waals surface area contributed by atoms with Crippen molar-refractivity contribution in [1.29, 1.82) is 0 Å². The number of ether oxygens (including phenoxy) is 1. The third-order valence-corrected chi connectivity index (χ3v) is 9.44. The monoisotopic (exact) mass is 611 g/mol. The minimum absolute atomic E-state index is 0.0422. The molecule has 0 radical (unpaired) electrons. The zero-order valence-electron chi connectivity index (χ0n) is 24.3. The van der Waals surface area contributed by atoms with Crippen LogP contribution in [0.25, 0.3) is 0 Å². The van der Waals surface area contributed by atoms with Crippen LogP contribution < -0.4 is 14.4 Å². The summed E-state index contributed by atoms with van der Waals surface area (Å²) in [6.45, 7) is 5.18. The molecule has 1 saturated carbocycles. The van der Waals surface area contributed by atoms with Gasteiger partial charge >= 0.3 is 0 Å². The van der Waals surface area contributed by atoms with Gasteiger partial charge in [-0.2, -0.15) is 0 Å². The molecule has 10 heteroatoms. The summed E-state index contributed by atoms with van der Waals surface area (Å²) in [6, 6.07) is 19.4. The Morgan fingerprint density at radius 3 is 2.38 bits per heavy atom. The molecule has 3 aromatic rings. The highest BCUT2D eigenvalue weighted by Gasteiger charge is 2.34. The second-order valence-corrected chi connectivity index (χ2v) is 12.8. The number of sulfonamides is 1. The number of hydrogen-bond donors (Lipinski definition) is 1. The molecule has 0 unspecified atom stereocenters. The second kappa shape index (κ2) is 14.1. The predicted molar refractivity (Wildman–Crippen MR) is 165 cm³/mol. The average molecular weight is 612 g/mol. The van der Waals surface area contributed by atoms with E-state index in [9.17, 15) is 18.0 Å². The number of rotatable bonds is 12. The standard InChI is InChI=1S/C32H38ClN3O5S/c1-4-41-30-15-8-7-14-29(30)36(42(39,40)28-18-16-23(2)17-19-28)22-31(37)35(21-25-10-9-11-26(33)20-25)24(3)32(38)34-27-12-5-6-13-27/h7-11,14-20,24,27H,4-6,12-13,21-22H2,1-3H3,(H,34,38)/t24-/m1/s1. The molecule has 4 rings (SSSR count). The van der Waals surface area contributed by atoms with Crippen molar-refractivity contribution in [1.82, 2.24) is 10.2 Å². The summed E-state index contributed by atoms with van der Waals surface area (Å²) in [4.78, 5) is 29.0. The Balaban J connectivity index is 1.72. The Labute approximate surface area is 253 Å². The fourth-order valence-corrected chi connectivity index (χ4v) is 6.74. The van der Waals surface area contributed by atoms with Gasteiger partial charge in [0.05, 0.1) is 17.2 Å². The molecule has 42 heavy (non-hydrogen) atoms. The zero-order chi connectivity index (χ0) is 30.3. The summed E-state index contributed by atoms with van der Waals surface area (Å²) in [6.07, 6.45) is 3.90. The molecular formula is C32H38ClN3O5S. The van der Waals surface area contributed by atoms with Crippen molar-refractivity contribution < 1.29 is 22.7 Å². The van der Waals surface area contributed by atoms with Crippen molar-refractivity contribution in [2.75, 3.05) is 17.5 Å². The number of carbonyl (C=O) groups excluding carboxylic acids is 2. The molecule has 2 amide bonds. The third kappa shape index (κ3) is 7.63. The lowest BCUT2D eigenvalue weighted by molar-refractivity contribution is -0.139. The normalized spacial score (nSPS) is 14.3. The number of carbonyl (C=O) groups is 2. The van der Waals surface area contributed by atoms with Gasteiger partial charge in [0, 0.05) is 17.6 Å². The van der Waals surface area contributed by atoms with Crippen LogP contribution >= 0.6 is 11.6 Å². The van der Waals surface area contributed by atoms with Gasteiger partial charge in [0.15, 0.2) is 0 Å². The molecule has 1 aliphatic carbocycles. The van der Waals surface area contributed by atoms with Gasteiger partial charge in [0.2, 0.25) is 11.8 Å². The lowest BCUT2D eigenvalue weighted by Gasteiger charge is -2.33. The lowest BCUT2D eigenvalue weighted by Crippen LogP contribution is -2.52. The Hall–Kier alpha value is -3.56. The van der Waals surface area contributed by atoms with Gasteiger partial charge in [-0.3, -0.25) is 13.9 Å². The summed E-state index contributed by atoms with van der Waals surface area (Å²) < 4.78 is 35.0. The van der Waals surface area contributed by atoms with E-state index >= 15 is 0 Å². The van der Waals surface area contributed by atoms with E-state index in [0.717, 1.165) is 41.1 Å². The van der Waals surface area contributed by atoms with Crippen LogP contribution in [0.5, 0.6) is 5.75 Å². The average Bonchev–Trinajstić information content (AvgIpc) is 3.48. The number of nitrogens with one attached hydrogen (secondary N) is 1. The van der Waals surface area contributed by atoms with Crippen LogP contribution in [0.1, 0.15) is 50.7 Å². The van der Waals surface area contributed by atoms with Crippen molar-refractivity contribution in [2.45, 2.75) is 70.0 Å². The lowest BCUT2D eigenvalue weighted by atomic mass is 10.1. The zero-order valence-corrected chi connectivity index (χ0v) is 25.8. The summed E-state index contributed by atoms with van der Waals surface area (Å²) in [7, 11) is -4.20. The smallest absolute Gasteiger partial charge is 0.264 e. The minimum Gasteiger partial charge on any atom is -0.492 e. The maximum atomic E-state index is 14.2. The number of amides is 2. The summed E-state index contributed by atoms with van der Waals surface area (Å²) in [5, 5.41) is 3.57. The third-order valence-electron chi connectivity index (χ3n) is 7.43. The van der Waals surface area contributed by atoms with Crippen LogP contribution in [0.15, 0.2) is 77.7 Å². The van der Waals surface area contributed by atoms with Gasteiger partial charge < -0.3 is 15.0 Å². The number of benzene rings is 3. The SMILES string of the molecule is CCOc1ccccc1N(CC(=O)N(Cc1cccc(Cl)c1)[C@H](C)C(=O)NC1CCCC1)S(=O)(=O)c1ccc(C)cc1. The van der Waals surface area contributed by atoms with Crippen LogP contribution in [0, 0.1) is 6.92 Å². The van der Waals surface area contributed by atoms with Crippen molar-refractivity contribution in [3.63, 3.8) is 0 Å². The summed E-state index contributed by atoms with van der Waals surface area (Å²) in [5.74, 6) is -0.483. The quantitative estimate of drug-likeness (QED) is 0.283. The fourth-order valence-electron chi connectivity index (χ4n) is 5.10. The van der Waals surface area contributed by atoms with Crippen LogP contribution in [0.4, 0.5) is 5.69 Å². The Morgan fingerprint density at radius 1 is 1.02 bits per heavy atom. The van der Waals surface area contributed by atoms with Gasteiger partial charge in [-0.05, 0) is 75.6 Å². The van der Waals surface area contributed by atoms with Gasteiger partial charge in [0.1, 0.15) is 18.3 Å². The van der Waals surface area contributed by atoms with Gasteiger partial charge in [-0.1, -0.05) is 66.4 Å². The maximum Gasteiger partial charge on any atom is 0.264 e. The molecule has 0 heterocycles. The minimum atomic E-state index is -4.20. The van der Waals surface area contributed by atoms with Gasteiger partial charge in [-0.25, -0.2) is 8.42 Å². The molecule has 0 saturated heterocycles. The van der Waals surface area contributed by atoms with E-state index in [-0.39, 0.29) is 29.1 Å². The van der Waals surface area contributed by atoms with Gasteiger partial charge in [-0.15, -0.1) is 0 Å². The van der Waals surface area contributed by atoms with E-state index in [4.69, 9.17) is 16.3 Å². The van der Waals surface area contributed by atoms with E-state index in [1.165, 1.54) is 17.0 Å². The van der Waals surface area contributed by atoms with Crippen LogP contribution in [0.3, 0.4) is 0 Å². The van der Waals surface area contributed by atoms with Crippen molar-refractivity contribution >= 4 is 39.1 Å². The molecular weight excluding hydrogens is 574 g/mol. The highest BCUT2D eigenvalue weighted by molar-refractivity contribution is 7.92. The molecule has 8 nitrogen and oxygen atoms in total. The van der Waals surface area contributed by atoms with Crippen LogP contribution in [-0.2, 0) is 26.2 Å². The Morgan fingerprint density at radius 2 is 1.71 bits per heavy atom. The van der Waals surface area contributed by atoms with E-state index in [1.54, 1.807) is 68.4 Å². The first-order valence-electron chi connectivity index (χ1n) is 14.3. The van der Waals surface area contributed by atoms with E-state index in [2.05, 4.69) is 5.32 Å². The molecule has 1 N–H and O–H groups in total. The molecule has 1 atom stereocenters. The number of hydrogen-bond acceptors (Lipinski definition) is 5.